The number of rotatable bonds is 6. The van der Waals surface area contributed by atoms with Gasteiger partial charge in [-0.2, -0.15) is 13.2 Å². The smallest absolute Gasteiger partial charge is 0.490 e. The molecule has 0 aliphatic carbocycles. The van der Waals surface area contributed by atoms with Crippen molar-refractivity contribution in [1.82, 2.24) is 14.5 Å². The van der Waals surface area contributed by atoms with Crippen molar-refractivity contribution in [3.05, 3.63) is 48.0 Å². The van der Waals surface area contributed by atoms with Gasteiger partial charge in [0.1, 0.15) is 18.5 Å². The Bertz CT molecular complexity index is 824. The number of carboxylic acid groups (broad SMARTS) is 1. The van der Waals surface area contributed by atoms with E-state index < -0.39 is 18.2 Å². The molecule has 0 bridgehead atoms. The number of carboxylic acids is 1. The van der Waals surface area contributed by atoms with E-state index in [9.17, 15) is 18.3 Å². The molecule has 2 N–H and O–H groups in total. The number of nitrogens with zero attached hydrogens (tertiary/aromatic N) is 3. The highest BCUT2D eigenvalue weighted by Crippen LogP contribution is 2.26. The zero-order chi connectivity index (χ0) is 22.3. The molecule has 10 heteroatoms. The van der Waals surface area contributed by atoms with E-state index in [1.807, 2.05) is 30.7 Å². The molecule has 0 saturated carbocycles. The first-order valence-electron chi connectivity index (χ1n) is 9.49. The number of hydrogen-bond acceptors (Lipinski definition) is 5. The van der Waals surface area contributed by atoms with Gasteiger partial charge in [-0.1, -0.05) is 32.0 Å². The lowest BCUT2D eigenvalue weighted by Crippen LogP contribution is -2.40. The van der Waals surface area contributed by atoms with E-state index in [1.54, 1.807) is 0 Å². The topological polar surface area (TPSA) is 87.8 Å². The number of carbonyl (C=O) groups is 1. The first-order valence-corrected chi connectivity index (χ1v) is 9.49. The highest BCUT2D eigenvalue weighted by Gasteiger charge is 2.38. The molecule has 0 amide bonds. The van der Waals surface area contributed by atoms with Crippen LogP contribution in [0.15, 0.2) is 36.8 Å². The maximum absolute atomic E-state index is 10.6. The average Bonchev–Trinajstić information content (AvgIpc) is 3.14. The van der Waals surface area contributed by atoms with Crippen LogP contribution in [-0.4, -0.2) is 62.6 Å². The first kappa shape index (κ1) is 23.7. The molecule has 3 rings (SSSR count). The molecule has 0 saturated heterocycles. The highest BCUT2D eigenvalue weighted by molar-refractivity contribution is 5.73. The minimum atomic E-state index is -5.08. The summed E-state index contributed by atoms with van der Waals surface area (Å²) in [6, 6.07) is 8.05. The van der Waals surface area contributed by atoms with Crippen LogP contribution >= 0.6 is 0 Å². The molecule has 1 atom stereocenters. The molecule has 0 radical (unpaired) electrons. The standard InChI is InChI=1S/C18H25N3O2.C2HF3O2/c1-14(2)17-5-3-4-6-18(17)23-12-16(22)11-20-7-8-21-13-19-9-15(21)10-20;3-2(4,5)1(6)7/h3-6,9,13-14,16,22H,7-8,10-12H2,1-2H3;(H,6,7). The second-order valence-corrected chi connectivity index (χ2v) is 7.27. The molecule has 0 fully saturated rings. The van der Waals surface area contributed by atoms with E-state index in [2.05, 4.69) is 34.4 Å². The van der Waals surface area contributed by atoms with Crippen molar-refractivity contribution >= 4 is 5.97 Å². The van der Waals surface area contributed by atoms with Crippen LogP contribution in [-0.2, 0) is 17.9 Å². The molecule has 166 valence electrons. The summed E-state index contributed by atoms with van der Waals surface area (Å²) in [4.78, 5) is 15.3. The summed E-state index contributed by atoms with van der Waals surface area (Å²) in [5, 5.41) is 17.4. The molecule has 1 unspecified atom stereocenters. The molecule has 1 aromatic carbocycles. The quantitative estimate of drug-likeness (QED) is 0.734. The van der Waals surface area contributed by atoms with Crippen molar-refractivity contribution in [2.75, 3.05) is 19.7 Å². The minimum Gasteiger partial charge on any atom is -0.491 e. The van der Waals surface area contributed by atoms with Crippen LogP contribution in [0.5, 0.6) is 5.75 Å². The third kappa shape index (κ3) is 7.03. The predicted octanol–water partition coefficient (Wildman–Crippen LogP) is 2.90. The molecule has 2 heterocycles. The third-order valence-corrected chi connectivity index (χ3v) is 4.52. The summed E-state index contributed by atoms with van der Waals surface area (Å²) in [6.07, 6.45) is -1.81. The summed E-state index contributed by atoms with van der Waals surface area (Å²) in [5.41, 5.74) is 2.39. The van der Waals surface area contributed by atoms with Gasteiger partial charge < -0.3 is 19.5 Å². The van der Waals surface area contributed by atoms with Gasteiger partial charge in [-0.3, -0.25) is 4.90 Å². The van der Waals surface area contributed by atoms with Crippen molar-refractivity contribution in [2.45, 2.75) is 45.1 Å². The SMILES string of the molecule is CC(C)c1ccccc1OCC(O)CN1CCn2cncc2C1.O=C(O)C(F)(F)F. The number of imidazole rings is 1. The van der Waals surface area contributed by atoms with Gasteiger partial charge in [0.2, 0.25) is 0 Å². The first-order chi connectivity index (χ1) is 14.1. The number of fused-ring (bicyclic) bond motifs is 1. The van der Waals surface area contributed by atoms with Crippen molar-refractivity contribution in [3.8, 4) is 5.75 Å². The Hall–Kier alpha value is -2.59. The van der Waals surface area contributed by atoms with Gasteiger partial charge in [0.15, 0.2) is 0 Å². The molecular weight excluding hydrogens is 403 g/mol. The lowest BCUT2D eigenvalue weighted by atomic mass is 10.0. The number of β-amino-alcohol motifs (C(OH)–C–C–N with tert-alkyl or cyclic N) is 1. The molecule has 30 heavy (non-hydrogen) atoms. The van der Waals surface area contributed by atoms with Crippen LogP contribution in [0.25, 0.3) is 0 Å². The van der Waals surface area contributed by atoms with Crippen LogP contribution in [0.2, 0.25) is 0 Å². The number of aliphatic hydroxyl groups is 1. The third-order valence-electron chi connectivity index (χ3n) is 4.52. The minimum absolute atomic E-state index is 0.319. The maximum Gasteiger partial charge on any atom is 0.490 e. The number of aliphatic carboxylic acids is 1. The lowest BCUT2D eigenvalue weighted by Gasteiger charge is -2.29. The summed E-state index contributed by atoms with van der Waals surface area (Å²) >= 11 is 0. The fourth-order valence-electron chi connectivity index (χ4n) is 3.02. The summed E-state index contributed by atoms with van der Waals surface area (Å²) in [6.45, 7) is 7.93. The van der Waals surface area contributed by atoms with Crippen LogP contribution in [0, 0.1) is 0 Å². The monoisotopic (exact) mass is 429 g/mol. The van der Waals surface area contributed by atoms with E-state index >= 15 is 0 Å². The van der Waals surface area contributed by atoms with Gasteiger partial charge in [0.05, 0.1) is 12.0 Å². The molecule has 7 nitrogen and oxygen atoms in total. The number of halogens is 3. The number of aliphatic hydroxyl groups excluding tert-OH is 1. The second-order valence-electron chi connectivity index (χ2n) is 7.27. The number of benzene rings is 1. The highest BCUT2D eigenvalue weighted by atomic mass is 19.4. The molecule has 1 aliphatic heterocycles. The van der Waals surface area contributed by atoms with Crippen molar-refractivity contribution in [2.24, 2.45) is 0 Å². The average molecular weight is 429 g/mol. The molecule has 1 aliphatic rings. The Kier molecular flexibility index (Phi) is 8.24. The maximum atomic E-state index is 10.6. The van der Waals surface area contributed by atoms with Gasteiger partial charge in [-0.05, 0) is 17.5 Å². The Morgan fingerprint density at radius 3 is 2.57 bits per heavy atom. The Morgan fingerprint density at radius 1 is 1.27 bits per heavy atom. The van der Waals surface area contributed by atoms with Crippen molar-refractivity contribution in [3.63, 3.8) is 0 Å². The number of aromatic nitrogens is 2. The van der Waals surface area contributed by atoms with E-state index in [1.165, 1.54) is 11.3 Å². The Balaban J connectivity index is 0.000000396. The van der Waals surface area contributed by atoms with Crippen LogP contribution in [0.3, 0.4) is 0 Å². The predicted molar refractivity (Wildman–Crippen MR) is 103 cm³/mol. The Labute approximate surface area is 172 Å². The van der Waals surface area contributed by atoms with Gasteiger partial charge >= 0.3 is 12.1 Å². The molecule has 1 aromatic heterocycles. The van der Waals surface area contributed by atoms with E-state index in [4.69, 9.17) is 14.6 Å². The van der Waals surface area contributed by atoms with E-state index in [0.29, 0.717) is 19.1 Å². The number of ether oxygens (including phenoxy) is 1. The van der Waals surface area contributed by atoms with Crippen LogP contribution < -0.4 is 4.74 Å². The number of alkyl halides is 3. The fourth-order valence-corrected chi connectivity index (χ4v) is 3.02. The summed E-state index contributed by atoms with van der Waals surface area (Å²) in [5.74, 6) is -1.48. The second kappa shape index (κ2) is 10.4. The molecule has 2 aromatic rings. The van der Waals surface area contributed by atoms with E-state index in [0.717, 1.165) is 25.4 Å². The molecule has 0 spiro atoms. The number of hydrogen-bond donors (Lipinski definition) is 2. The summed E-state index contributed by atoms with van der Waals surface area (Å²) < 4.78 is 39.8. The van der Waals surface area contributed by atoms with Crippen LogP contribution in [0.1, 0.15) is 31.0 Å². The summed E-state index contributed by atoms with van der Waals surface area (Å²) in [7, 11) is 0. The van der Waals surface area contributed by atoms with Crippen molar-refractivity contribution < 1.29 is 32.9 Å². The zero-order valence-corrected chi connectivity index (χ0v) is 16.8. The van der Waals surface area contributed by atoms with Gasteiger partial charge in [0.25, 0.3) is 0 Å². The lowest BCUT2D eigenvalue weighted by molar-refractivity contribution is -0.192. The van der Waals surface area contributed by atoms with Gasteiger partial charge in [-0.15, -0.1) is 0 Å². The normalized spacial score (nSPS) is 15.2. The zero-order valence-electron chi connectivity index (χ0n) is 16.8. The number of para-hydroxylation sites is 1. The largest absolute Gasteiger partial charge is 0.491 e. The Morgan fingerprint density at radius 2 is 1.93 bits per heavy atom. The van der Waals surface area contributed by atoms with Gasteiger partial charge in [-0.25, -0.2) is 9.78 Å². The fraction of sp³-hybridized carbons (Fsp3) is 0.500. The van der Waals surface area contributed by atoms with E-state index in [-0.39, 0.29) is 0 Å². The van der Waals surface area contributed by atoms with Gasteiger partial charge in [0, 0.05) is 32.4 Å². The molecular formula is C20H26F3N3O4. The van der Waals surface area contributed by atoms with Crippen LogP contribution in [0.4, 0.5) is 13.2 Å². The van der Waals surface area contributed by atoms with Crippen molar-refractivity contribution in [1.29, 1.82) is 0 Å².